The largest absolute Gasteiger partial charge is 0.416 e. The maximum atomic E-state index is 12.7. The van der Waals surface area contributed by atoms with Gasteiger partial charge in [-0.05, 0) is 42.0 Å². The van der Waals surface area contributed by atoms with Gasteiger partial charge in [0.25, 0.3) is 0 Å². The van der Waals surface area contributed by atoms with Gasteiger partial charge in [-0.25, -0.2) is 4.39 Å². The summed E-state index contributed by atoms with van der Waals surface area (Å²) in [7, 11) is 0. The van der Waals surface area contributed by atoms with Gasteiger partial charge in [-0.2, -0.15) is 18.3 Å². The first-order chi connectivity index (χ1) is 9.45. The Morgan fingerprint density at radius 2 is 1.70 bits per heavy atom. The Morgan fingerprint density at radius 1 is 1.00 bits per heavy atom. The Morgan fingerprint density at radius 3 is 2.35 bits per heavy atom. The lowest BCUT2D eigenvalue weighted by atomic mass is 10.1. The van der Waals surface area contributed by atoms with E-state index in [1.807, 2.05) is 0 Å². The molecule has 2 nitrogen and oxygen atoms in total. The van der Waals surface area contributed by atoms with Gasteiger partial charge in [0.2, 0.25) is 0 Å². The molecule has 0 heterocycles. The summed E-state index contributed by atoms with van der Waals surface area (Å²) >= 11 is 0. The molecule has 2 aromatic carbocycles. The van der Waals surface area contributed by atoms with Crippen LogP contribution < -0.4 is 5.43 Å². The normalized spacial score (nSPS) is 11.8. The molecule has 0 unspecified atom stereocenters. The molecule has 6 heteroatoms. The topological polar surface area (TPSA) is 24.4 Å². The third kappa shape index (κ3) is 3.81. The number of nitrogens with zero attached hydrogens (tertiary/aromatic N) is 1. The van der Waals surface area contributed by atoms with E-state index in [0.29, 0.717) is 11.3 Å². The van der Waals surface area contributed by atoms with Gasteiger partial charge >= 0.3 is 6.18 Å². The first-order valence-electron chi connectivity index (χ1n) is 5.67. The van der Waals surface area contributed by atoms with Crippen LogP contribution in [0.4, 0.5) is 23.2 Å². The summed E-state index contributed by atoms with van der Waals surface area (Å²) in [5.74, 6) is -0.377. The van der Waals surface area contributed by atoms with Crippen molar-refractivity contribution in [3.05, 3.63) is 65.5 Å². The fraction of sp³-hybridized carbons (Fsp3) is 0.0714. The number of hydrogen-bond acceptors (Lipinski definition) is 2. The van der Waals surface area contributed by atoms with E-state index >= 15 is 0 Å². The van der Waals surface area contributed by atoms with E-state index < -0.39 is 11.7 Å². The minimum Gasteiger partial charge on any atom is -0.279 e. The fourth-order valence-electron chi connectivity index (χ4n) is 1.50. The van der Waals surface area contributed by atoms with Crippen LogP contribution in [0.5, 0.6) is 0 Å². The van der Waals surface area contributed by atoms with Crippen molar-refractivity contribution in [2.75, 3.05) is 5.43 Å². The lowest BCUT2D eigenvalue weighted by molar-refractivity contribution is -0.137. The van der Waals surface area contributed by atoms with Gasteiger partial charge in [0.1, 0.15) is 5.82 Å². The van der Waals surface area contributed by atoms with Crippen LogP contribution in [0.1, 0.15) is 11.1 Å². The average Bonchev–Trinajstić information content (AvgIpc) is 2.40. The zero-order chi connectivity index (χ0) is 14.6. The SMILES string of the molecule is Fc1ccc(N/N=C/c2cccc(C(F)(F)F)c2)cc1. The van der Waals surface area contributed by atoms with Crippen molar-refractivity contribution < 1.29 is 17.6 Å². The molecule has 1 N–H and O–H groups in total. The van der Waals surface area contributed by atoms with Crippen LogP contribution in [0, 0.1) is 5.82 Å². The van der Waals surface area contributed by atoms with Crippen LogP contribution in [-0.2, 0) is 6.18 Å². The first-order valence-corrected chi connectivity index (χ1v) is 5.67. The predicted molar refractivity (Wildman–Crippen MR) is 69.1 cm³/mol. The predicted octanol–water partition coefficient (Wildman–Crippen LogP) is 4.29. The van der Waals surface area contributed by atoms with Crippen LogP contribution in [-0.4, -0.2) is 6.21 Å². The summed E-state index contributed by atoms with van der Waals surface area (Å²) in [6.07, 6.45) is -3.12. The van der Waals surface area contributed by atoms with Gasteiger partial charge in [-0.1, -0.05) is 12.1 Å². The molecule has 0 amide bonds. The molecule has 0 fully saturated rings. The van der Waals surface area contributed by atoms with Crippen molar-refractivity contribution in [3.8, 4) is 0 Å². The molecule has 0 saturated heterocycles. The molecule has 0 aliphatic heterocycles. The smallest absolute Gasteiger partial charge is 0.279 e. The highest BCUT2D eigenvalue weighted by atomic mass is 19.4. The second-order valence-corrected chi connectivity index (χ2v) is 4.00. The molecular weight excluding hydrogens is 272 g/mol. The standard InChI is InChI=1S/C14H10F4N2/c15-12-4-6-13(7-5-12)20-19-9-10-2-1-3-11(8-10)14(16,17)18/h1-9,20H/b19-9+. The summed E-state index contributed by atoms with van der Waals surface area (Å²) in [5, 5.41) is 3.80. The number of alkyl halides is 3. The quantitative estimate of drug-likeness (QED) is 0.507. The van der Waals surface area contributed by atoms with E-state index in [0.717, 1.165) is 12.1 Å². The van der Waals surface area contributed by atoms with Crippen molar-refractivity contribution in [2.45, 2.75) is 6.18 Å². The van der Waals surface area contributed by atoms with E-state index in [2.05, 4.69) is 10.5 Å². The molecule has 2 rings (SSSR count). The maximum absolute atomic E-state index is 12.7. The molecule has 20 heavy (non-hydrogen) atoms. The van der Waals surface area contributed by atoms with Gasteiger partial charge in [-0.15, -0.1) is 0 Å². The molecule has 0 saturated carbocycles. The lowest BCUT2D eigenvalue weighted by Gasteiger charge is -2.06. The summed E-state index contributed by atoms with van der Waals surface area (Å²) in [6.45, 7) is 0. The number of benzene rings is 2. The molecule has 0 radical (unpaired) electrons. The molecule has 0 aliphatic carbocycles. The van der Waals surface area contributed by atoms with Crippen molar-refractivity contribution >= 4 is 11.9 Å². The minimum atomic E-state index is -4.38. The molecule has 2 aromatic rings. The molecular formula is C14H10F4N2. The van der Waals surface area contributed by atoms with Gasteiger partial charge in [-0.3, -0.25) is 5.43 Å². The van der Waals surface area contributed by atoms with Crippen molar-refractivity contribution in [2.24, 2.45) is 5.10 Å². The summed E-state index contributed by atoms with van der Waals surface area (Å²) < 4.78 is 50.1. The first kappa shape index (κ1) is 14.0. The zero-order valence-corrected chi connectivity index (χ0v) is 10.2. The molecule has 0 spiro atoms. The third-order valence-electron chi connectivity index (χ3n) is 2.47. The number of rotatable bonds is 3. The maximum Gasteiger partial charge on any atom is 0.416 e. The van der Waals surface area contributed by atoms with Gasteiger partial charge in [0, 0.05) is 0 Å². The van der Waals surface area contributed by atoms with Crippen LogP contribution in [0.25, 0.3) is 0 Å². The van der Waals surface area contributed by atoms with Crippen LogP contribution in [0.3, 0.4) is 0 Å². The number of hydrogen-bond donors (Lipinski definition) is 1. The summed E-state index contributed by atoms with van der Waals surface area (Å²) in [5.41, 5.74) is 2.72. The highest BCUT2D eigenvalue weighted by molar-refractivity contribution is 5.80. The van der Waals surface area contributed by atoms with E-state index in [-0.39, 0.29) is 5.82 Å². The molecule has 0 bridgehead atoms. The van der Waals surface area contributed by atoms with Crippen molar-refractivity contribution in [1.82, 2.24) is 0 Å². The Bertz CT molecular complexity index is 603. The Hall–Kier alpha value is -2.37. The molecule has 104 valence electrons. The van der Waals surface area contributed by atoms with Crippen molar-refractivity contribution in [3.63, 3.8) is 0 Å². The van der Waals surface area contributed by atoms with Gasteiger partial charge in [0.15, 0.2) is 0 Å². The van der Waals surface area contributed by atoms with Gasteiger partial charge < -0.3 is 0 Å². The highest BCUT2D eigenvalue weighted by Gasteiger charge is 2.30. The van der Waals surface area contributed by atoms with E-state index in [9.17, 15) is 17.6 Å². The molecule has 0 aliphatic rings. The third-order valence-corrected chi connectivity index (χ3v) is 2.47. The second-order valence-electron chi connectivity index (χ2n) is 4.00. The van der Waals surface area contributed by atoms with Crippen LogP contribution in [0.15, 0.2) is 53.6 Å². The molecule has 0 atom stereocenters. The van der Waals surface area contributed by atoms with Crippen LogP contribution >= 0.6 is 0 Å². The average molecular weight is 282 g/mol. The Balaban J connectivity index is 2.06. The lowest BCUT2D eigenvalue weighted by Crippen LogP contribution is -2.05. The van der Waals surface area contributed by atoms with E-state index in [1.165, 1.54) is 42.6 Å². The van der Waals surface area contributed by atoms with Crippen LogP contribution in [0.2, 0.25) is 0 Å². The van der Waals surface area contributed by atoms with Gasteiger partial charge in [0.05, 0.1) is 17.5 Å². The number of anilines is 1. The number of halogens is 4. The minimum absolute atomic E-state index is 0.314. The number of hydrazone groups is 1. The monoisotopic (exact) mass is 282 g/mol. The van der Waals surface area contributed by atoms with E-state index in [4.69, 9.17) is 0 Å². The zero-order valence-electron chi connectivity index (χ0n) is 10.2. The van der Waals surface area contributed by atoms with Crippen molar-refractivity contribution in [1.29, 1.82) is 0 Å². The van der Waals surface area contributed by atoms with E-state index in [1.54, 1.807) is 0 Å². The Labute approximate surface area is 112 Å². The summed E-state index contributed by atoms with van der Waals surface area (Å²) in [6, 6.07) is 10.2. The second kappa shape index (κ2) is 5.73. The Kier molecular flexibility index (Phi) is 4.02. The number of nitrogens with one attached hydrogen (secondary N) is 1. The highest BCUT2D eigenvalue weighted by Crippen LogP contribution is 2.29. The fourth-order valence-corrected chi connectivity index (χ4v) is 1.50. The molecule has 0 aromatic heterocycles. The summed E-state index contributed by atoms with van der Waals surface area (Å²) in [4.78, 5) is 0.